The Balaban J connectivity index is 1.64. The molecule has 38 heavy (non-hydrogen) atoms. The van der Waals surface area contributed by atoms with Crippen LogP contribution in [0.5, 0.6) is 5.75 Å². The molecule has 4 aromatic rings. The molecule has 0 spiro atoms. The average Bonchev–Trinajstić information content (AvgIpc) is 3.32. The number of amidine groups is 1. The van der Waals surface area contributed by atoms with Crippen molar-refractivity contribution in [3.05, 3.63) is 122 Å². The molecule has 0 saturated heterocycles. The number of ether oxygens (including phenoxy) is 1. The van der Waals surface area contributed by atoms with Crippen molar-refractivity contribution in [1.82, 2.24) is 0 Å². The van der Waals surface area contributed by atoms with Gasteiger partial charge in [-0.05, 0) is 48.5 Å². The number of hydrazone groups is 1. The van der Waals surface area contributed by atoms with Gasteiger partial charge in [-0.2, -0.15) is 0 Å². The Hall–Kier alpha value is -3.22. The average molecular weight is 585 g/mol. The second kappa shape index (κ2) is 11.3. The van der Waals surface area contributed by atoms with Crippen LogP contribution in [0.1, 0.15) is 24.2 Å². The predicted molar refractivity (Wildman–Crippen MR) is 156 cm³/mol. The van der Waals surface area contributed by atoms with E-state index in [1.807, 2.05) is 59.5 Å². The highest BCUT2D eigenvalue weighted by Gasteiger charge is 2.40. The summed E-state index contributed by atoms with van der Waals surface area (Å²) in [7, 11) is 0. The van der Waals surface area contributed by atoms with Crippen LogP contribution < -0.4 is 14.6 Å². The molecule has 5 nitrogen and oxygen atoms in total. The first kappa shape index (κ1) is 26.4. The smallest absolute Gasteiger partial charge is 0.198 e. The molecule has 192 valence electrons. The zero-order chi connectivity index (χ0) is 26.8. The summed E-state index contributed by atoms with van der Waals surface area (Å²) < 4.78 is 6.30. The molecule has 0 amide bonds. The van der Waals surface area contributed by atoms with Crippen molar-refractivity contribution >= 4 is 69.4 Å². The molecule has 0 saturated carbocycles. The molecule has 5 rings (SSSR count). The maximum absolute atomic E-state index is 12.9. The standard InChI is InChI=1S/C29H21Cl4N3O2/c1-18(37)28-34-36(19-8-3-2-4-9-19)29(35(28)20-14-15-25(32)26(33)16-20)21-10-5-6-13-27(21)38-17-22-23(30)11-7-12-24(22)31/h2-16,29H,17H2,1H3. The molecule has 0 N–H and O–H groups in total. The SMILES string of the molecule is CC(=O)C1=NN(c2ccccc2)C(c2ccccc2OCc2c(Cl)cccc2Cl)N1c1ccc(Cl)c(Cl)c1. The van der Waals surface area contributed by atoms with E-state index in [0.717, 1.165) is 11.3 Å². The third kappa shape index (κ3) is 5.20. The topological polar surface area (TPSA) is 45.1 Å². The van der Waals surface area contributed by atoms with Crippen LogP contribution in [0.2, 0.25) is 20.1 Å². The minimum atomic E-state index is -0.577. The monoisotopic (exact) mass is 583 g/mol. The molecule has 0 radical (unpaired) electrons. The van der Waals surface area contributed by atoms with Crippen molar-refractivity contribution in [1.29, 1.82) is 0 Å². The lowest BCUT2D eigenvalue weighted by Gasteiger charge is -2.33. The number of anilines is 2. The normalized spacial score (nSPS) is 15.0. The van der Waals surface area contributed by atoms with Crippen LogP contribution in [0, 0.1) is 0 Å². The summed E-state index contributed by atoms with van der Waals surface area (Å²) >= 11 is 25.4. The van der Waals surface area contributed by atoms with Crippen molar-refractivity contribution < 1.29 is 9.53 Å². The van der Waals surface area contributed by atoms with Gasteiger partial charge in [0.15, 0.2) is 17.8 Å². The Kier molecular flexibility index (Phi) is 7.82. The minimum Gasteiger partial charge on any atom is -0.488 e. The van der Waals surface area contributed by atoms with E-state index in [0.29, 0.717) is 37.1 Å². The molecule has 1 aliphatic rings. The lowest BCUT2D eigenvalue weighted by atomic mass is 10.1. The minimum absolute atomic E-state index is 0.154. The first-order valence-corrected chi connectivity index (χ1v) is 13.2. The van der Waals surface area contributed by atoms with Crippen LogP contribution in [0.3, 0.4) is 0 Å². The Labute approximate surface area is 240 Å². The second-order valence-corrected chi connectivity index (χ2v) is 10.2. The fourth-order valence-electron chi connectivity index (χ4n) is 4.26. The number of carbonyl (C=O) groups excluding carboxylic acids is 1. The van der Waals surface area contributed by atoms with Gasteiger partial charge in [0.05, 0.1) is 15.7 Å². The summed E-state index contributed by atoms with van der Waals surface area (Å²) in [5.74, 6) is 0.626. The lowest BCUT2D eigenvalue weighted by molar-refractivity contribution is -0.111. The van der Waals surface area contributed by atoms with Gasteiger partial charge in [-0.25, -0.2) is 5.01 Å². The second-order valence-electron chi connectivity index (χ2n) is 8.53. The number of hydrogen-bond acceptors (Lipinski definition) is 5. The van der Waals surface area contributed by atoms with Crippen molar-refractivity contribution in [2.75, 3.05) is 9.91 Å². The molecule has 0 aliphatic carbocycles. The van der Waals surface area contributed by atoms with Crippen LogP contribution >= 0.6 is 46.4 Å². The van der Waals surface area contributed by atoms with Crippen molar-refractivity contribution in [2.45, 2.75) is 19.7 Å². The predicted octanol–water partition coefficient (Wildman–Crippen LogP) is 8.81. The van der Waals surface area contributed by atoms with Crippen LogP contribution in [-0.2, 0) is 11.4 Å². The summed E-state index contributed by atoms with van der Waals surface area (Å²) in [6, 6.07) is 27.7. The highest BCUT2D eigenvalue weighted by molar-refractivity contribution is 6.45. The molecule has 0 fully saturated rings. The molecule has 0 bridgehead atoms. The highest BCUT2D eigenvalue weighted by atomic mass is 35.5. The number of Topliss-reactive ketones (excluding diaryl/α,β-unsaturated/α-hetero) is 1. The third-order valence-electron chi connectivity index (χ3n) is 6.05. The molecule has 1 atom stereocenters. The van der Waals surface area contributed by atoms with E-state index in [9.17, 15) is 4.79 Å². The van der Waals surface area contributed by atoms with E-state index in [2.05, 4.69) is 0 Å². The van der Waals surface area contributed by atoms with E-state index in [1.165, 1.54) is 6.92 Å². The summed E-state index contributed by atoms with van der Waals surface area (Å²) in [6.45, 7) is 1.64. The number of para-hydroxylation sites is 2. The highest BCUT2D eigenvalue weighted by Crippen LogP contribution is 2.43. The Morgan fingerprint density at radius 2 is 1.47 bits per heavy atom. The van der Waals surface area contributed by atoms with Crippen LogP contribution in [-0.4, -0.2) is 11.6 Å². The van der Waals surface area contributed by atoms with Gasteiger partial charge in [-0.1, -0.05) is 88.9 Å². The van der Waals surface area contributed by atoms with Gasteiger partial charge in [0.2, 0.25) is 0 Å². The lowest BCUT2D eigenvalue weighted by Crippen LogP contribution is -2.38. The van der Waals surface area contributed by atoms with Gasteiger partial charge in [-0.3, -0.25) is 9.69 Å². The third-order valence-corrected chi connectivity index (χ3v) is 7.50. The molecular formula is C29H21Cl4N3O2. The van der Waals surface area contributed by atoms with Crippen LogP contribution in [0.15, 0.2) is 96.1 Å². The number of halogens is 4. The van der Waals surface area contributed by atoms with Crippen LogP contribution in [0.4, 0.5) is 11.4 Å². The molecular weight excluding hydrogens is 564 g/mol. The Bertz CT molecular complexity index is 1510. The molecule has 4 aromatic carbocycles. The van der Waals surface area contributed by atoms with Gasteiger partial charge in [-0.15, -0.1) is 5.10 Å². The maximum Gasteiger partial charge on any atom is 0.198 e. The van der Waals surface area contributed by atoms with Crippen molar-refractivity contribution in [2.24, 2.45) is 5.10 Å². The number of benzene rings is 4. The Morgan fingerprint density at radius 3 is 2.16 bits per heavy atom. The first-order chi connectivity index (χ1) is 18.3. The number of nitrogens with zero attached hydrogens (tertiary/aromatic N) is 3. The fourth-order valence-corrected chi connectivity index (χ4v) is 5.06. The molecule has 1 unspecified atom stereocenters. The summed E-state index contributed by atoms with van der Waals surface area (Å²) in [6.07, 6.45) is -0.577. The van der Waals surface area contributed by atoms with E-state index >= 15 is 0 Å². The number of hydrogen-bond donors (Lipinski definition) is 0. The summed E-state index contributed by atoms with van der Waals surface area (Å²) in [5.41, 5.74) is 2.90. The van der Waals surface area contributed by atoms with Gasteiger partial charge in [0.1, 0.15) is 12.4 Å². The van der Waals surface area contributed by atoms with Crippen molar-refractivity contribution in [3.63, 3.8) is 0 Å². The number of rotatable bonds is 7. The maximum atomic E-state index is 12.9. The molecule has 1 heterocycles. The zero-order valence-electron chi connectivity index (χ0n) is 20.1. The van der Waals surface area contributed by atoms with Gasteiger partial charge < -0.3 is 4.74 Å². The first-order valence-electron chi connectivity index (χ1n) is 11.7. The summed E-state index contributed by atoms with van der Waals surface area (Å²) in [5, 5.41) is 8.36. The van der Waals surface area contributed by atoms with E-state index in [1.54, 1.807) is 41.4 Å². The van der Waals surface area contributed by atoms with Gasteiger partial charge in [0.25, 0.3) is 0 Å². The molecule has 9 heteroatoms. The van der Waals surface area contributed by atoms with E-state index < -0.39 is 6.17 Å². The van der Waals surface area contributed by atoms with Gasteiger partial charge >= 0.3 is 0 Å². The number of ketones is 1. The molecule has 1 aliphatic heterocycles. The van der Waals surface area contributed by atoms with E-state index in [4.69, 9.17) is 56.2 Å². The summed E-state index contributed by atoms with van der Waals surface area (Å²) in [4.78, 5) is 14.7. The van der Waals surface area contributed by atoms with E-state index in [-0.39, 0.29) is 18.2 Å². The quantitative estimate of drug-likeness (QED) is 0.218. The zero-order valence-corrected chi connectivity index (χ0v) is 23.1. The van der Waals surface area contributed by atoms with Gasteiger partial charge in [0, 0.05) is 33.8 Å². The van der Waals surface area contributed by atoms with Crippen molar-refractivity contribution in [3.8, 4) is 5.75 Å². The Morgan fingerprint density at radius 1 is 0.789 bits per heavy atom. The van der Waals surface area contributed by atoms with Crippen LogP contribution in [0.25, 0.3) is 0 Å². The number of carbonyl (C=O) groups is 1. The molecule has 0 aromatic heterocycles. The fraction of sp³-hybridized carbons (Fsp3) is 0.103. The largest absolute Gasteiger partial charge is 0.488 e.